The van der Waals surface area contributed by atoms with E-state index in [-0.39, 0.29) is 5.75 Å². The maximum Gasteiger partial charge on any atom is 0.234 e. The number of hydrogen-bond acceptors (Lipinski definition) is 3. The normalized spacial score (nSPS) is 11.3. The predicted octanol–water partition coefficient (Wildman–Crippen LogP) is 1.30. The third kappa shape index (κ3) is 4.07. The van der Waals surface area contributed by atoms with Crippen molar-refractivity contribution >= 4 is 27.3 Å². The molecule has 0 saturated carbocycles. The van der Waals surface area contributed by atoms with Crippen molar-refractivity contribution < 1.29 is 8.42 Å². The summed E-state index contributed by atoms with van der Waals surface area (Å²) in [4.78, 5) is 0. The van der Waals surface area contributed by atoms with Crippen LogP contribution < -0.4 is 10.0 Å². The van der Waals surface area contributed by atoms with E-state index >= 15 is 0 Å². The molecular formula is C9H13ClN2O2S. The molecule has 0 heterocycles. The summed E-state index contributed by atoms with van der Waals surface area (Å²) >= 11 is 5.82. The highest BCUT2D eigenvalue weighted by atomic mass is 35.5. The van der Waals surface area contributed by atoms with E-state index in [4.69, 9.17) is 11.6 Å². The minimum Gasteiger partial charge on any atom is -0.319 e. The molecule has 0 spiro atoms. The molecule has 0 bridgehead atoms. The Morgan fingerprint density at radius 3 is 2.60 bits per heavy atom. The summed E-state index contributed by atoms with van der Waals surface area (Å²) < 4.78 is 25.4. The minimum atomic E-state index is -3.32. The van der Waals surface area contributed by atoms with Crippen molar-refractivity contribution in [1.82, 2.24) is 5.32 Å². The summed E-state index contributed by atoms with van der Waals surface area (Å²) in [6.07, 6.45) is 0. The fourth-order valence-electron chi connectivity index (χ4n) is 0.999. The van der Waals surface area contributed by atoms with Gasteiger partial charge in [-0.25, -0.2) is 8.42 Å². The first-order valence-corrected chi connectivity index (χ1v) is 6.48. The maximum atomic E-state index is 11.5. The Balaban J connectivity index is 2.74. The van der Waals surface area contributed by atoms with Crippen LogP contribution in [0.15, 0.2) is 24.3 Å². The van der Waals surface area contributed by atoms with Crippen LogP contribution in [-0.2, 0) is 10.0 Å². The fraction of sp³-hybridized carbons (Fsp3) is 0.333. The van der Waals surface area contributed by atoms with Crippen LogP contribution in [0, 0.1) is 0 Å². The van der Waals surface area contributed by atoms with Gasteiger partial charge in [-0.2, -0.15) is 0 Å². The molecule has 4 nitrogen and oxygen atoms in total. The smallest absolute Gasteiger partial charge is 0.234 e. The molecule has 1 rings (SSSR count). The first-order chi connectivity index (χ1) is 7.05. The number of hydrogen-bond donors (Lipinski definition) is 2. The zero-order valence-electron chi connectivity index (χ0n) is 8.33. The van der Waals surface area contributed by atoms with Crippen molar-refractivity contribution in [2.75, 3.05) is 24.1 Å². The van der Waals surface area contributed by atoms with Gasteiger partial charge in [-0.05, 0) is 19.2 Å². The number of rotatable bonds is 5. The van der Waals surface area contributed by atoms with E-state index in [0.29, 0.717) is 17.3 Å². The Morgan fingerprint density at radius 1 is 1.33 bits per heavy atom. The SMILES string of the molecule is CNCCS(=O)(=O)Nc1ccccc1Cl. The molecule has 0 atom stereocenters. The fourth-order valence-corrected chi connectivity index (χ4v) is 2.33. The van der Waals surface area contributed by atoms with Gasteiger partial charge in [-0.3, -0.25) is 4.72 Å². The molecule has 2 N–H and O–H groups in total. The van der Waals surface area contributed by atoms with Crippen LogP contribution in [0.3, 0.4) is 0 Å². The lowest BCUT2D eigenvalue weighted by Gasteiger charge is -2.08. The number of benzene rings is 1. The van der Waals surface area contributed by atoms with Crippen LogP contribution in [0.4, 0.5) is 5.69 Å². The third-order valence-electron chi connectivity index (χ3n) is 1.76. The Morgan fingerprint density at radius 2 is 2.00 bits per heavy atom. The molecule has 0 aliphatic carbocycles. The molecular weight excluding hydrogens is 236 g/mol. The number of nitrogens with one attached hydrogen (secondary N) is 2. The molecule has 0 aromatic heterocycles. The number of sulfonamides is 1. The molecule has 84 valence electrons. The van der Waals surface area contributed by atoms with Crippen LogP contribution in [0.25, 0.3) is 0 Å². The van der Waals surface area contributed by atoms with Gasteiger partial charge >= 0.3 is 0 Å². The van der Waals surface area contributed by atoms with Gasteiger partial charge in [0, 0.05) is 6.54 Å². The Labute approximate surface area is 94.7 Å². The van der Waals surface area contributed by atoms with Gasteiger partial charge in [0.2, 0.25) is 10.0 Å². The summed E-state index contributed by atoms with van der Waals surface area (Å²) in [6, 6.07) is 6.73. The first-order valence-electron chi connectivity index (χ1n) is 4.45. The van der Waals surface area contributed by atoms with E-state index in [1.807, 2.05) is 0 Å². The minimum absolute atomic E-state index is 0.0225. The zero-order valence-corrected chi connectivity index (χ0v) is 9.90. The van der Waals surface area contributed by atoms with Gasteiger partial charge < -0.3 is 5.32 Å². The molecule has 0 saturated heterocycles. The van der Waals surface area contributed by atoms with Gasteiger partial charge in [0.15, 0.2) is 0 Å². The standard InChI is InChI=1S/C9H13ClN2O2S/c1-11-6-7-15(13,14)12-9-5-3-2-4-8(9)10/h2-5,11-12H,6-7H2,1H3. The molecule has 0 amide bonds. The largest absolute Gasteiger partial charge is 0.319 e. The summed E-state index contributed by atoms with van der Waals surface area (Å²) in [6.45, 7) is 0.403. The molecule has 6 heteroatoms. The maximum absolute atomic E-state index is 11.5. The monoisotopic (exact) mass is 248 g/mol. The second-order valence-corrected chi connectivity index (χ2v) is 5.25. The number of anilines is 1. The van der Waals surface area contributed by atoms with E-state index in [0.717, 1.165) is 0 Å². The lowest BCUT2D eigenvalue weighted by atomic mass is 10.3. The molecule has 0 radical (unpaired) electrons. The average molecular weight is 249 g/mol. The summed E-state index contributed by atoms with van der Waals surface area (Å²) in [7, 11) is -1.62. The van der Waals surface area contributed by atoms with Crippen molar-refractivity contribution in [1.29, 1.82) is 0 Å². The lowest BCUT2D eigenvalue weighted by molar-refractivity contribution is 0.599. The Bertz CT molecular complexity index is 420. The van der Waals surface area contributed by atoms with Crippen LogP contribution >= 0.6 is 11.6 Å². The van der Waals surface area contributed by atoms with E-state index in [1.165, 1.54) is 0 Å². The van der Waals surface area contributed by atoms with E-state index < -0.39 is 10.0 Å². The number of halogens is 1. The second-order valence-electron chi connectivity index (χ2n) is 3.00. The van der Waals surface area contributed by atoms with Gasteiger partial charge in [0.1, 0.15) is 0 Å². The quantitative estimate of drug-likeness (QED) is 0.826. The van der Waals surface area contributed by atoms with Crippen LogP contribution in [0.1, 0.15) is 0 Å². The van der Waals surface area contributed by atoms with Gasteiger partial charge in [0.25, 0.3) is 0 Å². The predicted molar refractivity (Wildman–Crippen MR) is 62.8 cm³/mol. The zero-order chi connectivity index (χ0) is 11.3. The van der Waals surface area contributed by atoms with Crippen LogP contribution in [0.2, 0.25) is 5.02 Å². The summed E-state index contributed by atoms with van der Waals surface area (Å²) in [5.74, 6) is 0.0225. The van der Waals surface area contributed by atoms with Crippen molar-refractivity contribution in [3.05, 3.63) is 29.3 Å². The molecule has 1 aromatic rings. The highest BCUT2D eigenvalue weighted by molar-refractivity contribution is 7.92. The average Bonchev–Trinajstić information content (AvgIpc) is 2.18. The number of para-hydroxylation sites is 1. The second kappa shape index (κ2) is 5.34. The third-order valence-corrected chi connectivity index (χ3v) is 3.36. The highest BCUT2D eigenvalue weighted by Gasteiger charge is 2.10. The van der Waals surface area contributed by atoms with Gasteiger partial charge in [-0.15, -0.1) is 0 Å². The van der Waals surface area contributed by atoms with Crippen molar-refractivity contribution in [3.8, 4) is 0 Å². The highest BCUT2D eigenvalue weighted by Crippen LogP contribution is 2.21. The molecule has 15 heavy (non-hydrogen) atoms. The summed E-state index contributed by atoms with van der Waals surface area (Å²) in [5, 5.41) is 3.17. The van der Waals surface area contributed by atoms with E-state index in [2.05, 4.69) is 10.0 Å². The molecule has 0 aliphatic heterocycles. The Hall–Kier alpha value is -0.780. The van der Waals surface area contributed by atoms with Crippen molar-refractivity contribution in [2.24, 2.45) is 0 Å². The molecule has 0 unspecified atom stereocenters. The lowest BCUT2D eigenvalue weighted by Crippen LogP contribution is -2.24. The molecule has 0 aliphatic rings. The van der Waals surface area contributed by atoms with Gasteiger partial charge in [0.05, 0.1) is 16.5 Å². The van der Waals surface area contributed by atoms with Crippen molar-refractivity contribution in [2.45, 2.75) is 0 Å². The van der Waals surface area contributed by atoms with Crippen LogP contribution in [-0.4, -0.2) is 27.8 Å². The molecule has 0 fully saturated rings. The van der Waals surface area contributed by atoms with E-state index in [1.54, 1.807) is 31.3 Å². The topological polar surface area (TPSA) is 58.2 Å². The summed E-state index contributed by atoms with van der Waals surface area (Å²) in [5.41, 5.74) is 0.412. The Kier molecular flexibility index (Phi) is 4.38. The van der Waals surface area contributed by atoms with E-state index in [9.17, 15) is 8.42 Å². The first kappa shape index (κ1) is 12.3. The van der Waals surface area contributed by atoms with Crippen molar-refractivity contribution in [3.63, 3.8) is 0 Å². The van der Waals surface area contributed by atoms with Gasteiger partial charge in [-0.1, -0.05) is 23.7 Å². The molecule has 1 aromatic carbocycles. The van der Waals surface area contributed by atoms with Crippen LogP contribution in [0.5, 0.6) is 0 Å².